The molecule has 0 aromatic heterocycles. The van der Waals surface area contributed by atoms with Crippen molar-refractivity contribution in [2.45, 2.75) is 24.3 Å². The van der Waals surface area contributed by atoms with Crippen molar-refractivity contribution in [1.29, 1.82) is 0 Å². The lowest BCUT2D eigenvalue weighted by atomic mass is 9.87. The van der Waals surface area contributed by atoms with Crippen LogP contribution in [-0.2, 0) is 19.7 Å². The molecule has 1 aliphatic carbocycles. The number of rotatable bonds is 5. The molecule has 3 aromatic carbocycles. The van der Waals surface area contributed by atoms with E-state index < -0.39 is 16.1 Å². The van der Waals surface area contributed by atoms with Crippen LogP contribution >= 0.6 is 0 Å². The van der Waals surface area contributed by atoms with Gasteiger partial charge in [-0.3, -0.25) is 9.63 Å². The van der Waals surface area contributed by atoms with Crippen molar-refractivity contribution in [2.75, 3.05) is 13.7 Å². The number of benzene rings is 3. The van der Waals surface area contributed by atoms with E-state index in [2.05, 4.69) is 0 Å². The molecule has 1 fully saturated rings. The van der Waals surface area contributed by atoms with Gasteiger partial charge < -0.3 is 4.74 Å². The van der Waals surface area contributed by atoms with Crippen molar-refractivity contribution in [3.05, 3.63) is 101 Å². The van der Waals surface area contributed by atoms with Crippen LogP contribution in [0.4, 0.5) is 0 Å². The number of methoxy groups -OCH3 is 1. The predicted octanol–water partition coefficient (Wildman–Crippen LogP) is 4.72. The molecule has 174 valence electrons. The van der Waals surface area contributed by atoms with Crippen LogP contribution in [0.25, 0.3) is 5.57 Å². The number of ether oxygens (including phenoxy) is 1. The lowest BCUT2D eigenvalue weighted by molar-refractivity contribution is -0.140. The molecule has 5 rings (SSSR count). The topological polar surface area (TPSA) is 72.9 Å². The van der Waals surface area contributed by atoms with Gasteiger partial charge in [-0.25, -0.2) is 8.42 Å². The summed E-state index contributed by atoms with van der Waals surface area (Å²) in [5.74, 6) is 0.465. The summed E-state index contributed by atoms with van der Waals surface area (Å²) in [5.41, 5.74) is 3.82. The Bertz CT molecular complexity index is 1350. The number of hydroxylamine groups is 1. The third-order valence-corrected chi connectivity index (χ3v) is 8.06. The summed E-state index contributed by atoms with van der Waals surface area (Å²) in [6, 6.07) is 22.6. The van der Waals surface area contributed by atoms with Crippen molar-refractivity contribution < 1.29 is 22.8 Å². The molecule has 34 heavy (non-hydrogen) atoms. The highest BCUT2D eigenvalue weighted by Crippen LogP contribution is 2.49. The summed E-state index contributed by atoms with van der Waals surface area (Å²) in [6.45, 7) is 2.02. The summed E-state index contributed by atoms with van der Waals surface area (Å²) >= 11 is 0. The van der Waals surface area contributed by atoms with Crippen molar-refractivity contribution >= 4 is 21.4 Å². The number of allylic oxidation sites excluding steroid dienone is 1. The molecule has 2 aliphatic rings. The van der Waals surface area contributed by atoms with E-state index in [-0.39, 0.29) is 23.2 Å². The molecule has 0 radical (unpaired) electrons. The quantitative estimate of drug-likeness (QED) is 0.534. The molecule has 0 bridgehead atoms. The smallest absolute Gasteiger partial charge is 0.265 e. The maximum absolute atomic E-state index is 13.8. The highest BCUT2D eigenvalue weighted by molar-refractivity contribution is 7.89. The van der Waals surface area contributed by atoms with Gasteiger partial charge in [0.25, 0.3) is 10.0 Å². The minimum Gasteiger partial charge on any atom is -0.497 e. The minimum atomic E-state index is -4.02. The van der Waals surface area contributed by atoms with Gasteiger partial charge in [-0.1, -0.05) is 64.6 Å². The Morgan fingerprint density at radius 2 is 1.62 bits per heavy atom. The van der Waals surface area contributed by atoms with E-state index in [4.69, 9.17) is 9.57 Å². The molecule has 6 nitrogen and oxygen atoms in total. The molecule has 1 heterocycles. The monoisotopic (exact) mass is 475 g/mol. The molecular formula is C27H25NO5S. The van der Waals surface area contributed by atoms with Crippen molar-refractivity contribution in [1.82, 2.24) is 4.47 Å². The lowest BCUT2D eigenvalue weighted by Gasteiger charge is -2.38. The van der Waals surface area contributed by atoms with Crippen molar-refractivity contribution in [3.63, 3.8) is 0 Å². The van der Waals surface area contributed by atoms with Gasteiger partial charge in [0.15, 0.2) is 5.78 Å². The number of Topliss-reactive ketones (excluding diaryl/α,β-unsaturated/α-hetero) is 1. The normalized spacial score (nSPS) is 20.9. The van der Waals surface area contributed by atoms with Gasteiger partial charge in [0.2, 0.25) is 0 Å². The Hall–Kier alpha value is -3.26. The summed E-state index contributed by atoms with van der Waals surface area (Å²) in [7, 11) is -2.44. The van der Waals surface area contributed by atoms with Crippen LogP contribution in [0.15, 0.2) is 89.3 Å². The molecule has 0 unspecified atom stereocenters. The van der Waals surface area contributed by atoms with Gasteiger partial charge in [-0.05, 0) is 47.9 Å². The van der Waals surface area contributed by atoms with E-state index in [9.17, 15) is 13.2 Å². The number of sulfonamides is 1. The van der Waals surface area contributed by atoms with Crippen LogP contribution < -0.4 is 4.74 Å². The van der Waals surface area contributed by atoms with Crippen LogP contribution in [0.3, 0.4) is 0 Å². The molecule has 0 amide bonds. The Morgan fingerprint density at radius 3 is 2.26 bits per heavy atom. The van der Waals surface area contributed by atoms with Gasteiger partial charge in [0.05, 0.1) is 24.7 Å². The van der Waals surface area contributed by atoms with E-state index in [0.29, 0.717) is 23.3 Å². The first-order chi connectivity index (χ1) is 16.4. The number of aryl methyl sites for hydroxylation is 1. The Morgan fingerprint density at radius 1 is 0.941 bits per heavy atom. The first-order valence-electron chi connectivity index (χ1n) is 11.1. The average molecular weight is 476 g/mol. The van der Waals surface area contributed by atoms with E-state index in [1.165, 1.54) is 0 Å². The molecule has 7 heteroatoms. The third kappa shape index (κ3) is 3.86. The highest BCUT2D eigenvalue weighted by atomic mass is 32.2. The first kappa shape index (κ1) is 22.5. The number of carbonyl (C=O) groups is 1. The first-order valence-corrected chi connectivity index (χ1v) is 12.5. The van der Waals surface area contributed by atoms with Gasteiger partial charge in [0, 0.05) is 17.9 Å². The largest absolute Gasteiger partial charge is 0.497 e. The zero-order valence-electron chi connectivity index (χ0n) is 19.0. The van der Waals surface area contributed by atoms with Gasteiger partial charge in [-0.15, -0.1) is 0 Å². The zero-order chi connectivity index (χ0) is 23.9. The number of ketones is 1. The average Bonchev–Trinajstić information content (AvgIpc) is 3.20. The van der Waals surface area contributed by atoms with E-state index in [1.807, 2.05) is 49.4 Å². The number of nitrogens with zero attached hydrogens (tertiary/aromatic N) is 1. The SMILES string of the molecule is COc1ccc([C@H]2C3=C(c4ccccc4)C(=O)C[C@@H]3CON2S(=O)(=O)c2ccc(C)cc2)cc1. The molecule has 0 saturated carbocycles. The van der Waals surface area contributed by atoms with Crippen molar-refractivity contribution in [2.24, 2.45) is 5.92 Å². The summed E-state index contributed by atoms with van der Waals surface area (Å²) in [4.78, 5) is 19.2. The van der Waals surface area contributed by atoms with Crippen LogP contribution in [0.5, 0.6) is 5.75 Å². The van der Waals surface area contributed by atoms with Crippen LogP contribution in [0.1, 0.15) is 29.2 Å². The maximum atomic E-state index is 13.8. The van der Waals surface area contributed by atoms with Crippen LogP contribution in [-0.4, -0.2) is 32.4 Å². The Balaban J connectivity index is 1.71. The van der Waals surface area contributed by atoms with Crippen LogP contribution in [0, 0.1) is 12.8 Å². The summed E-state index contributed by atoms with van der Waals surface area (Å²) < 4.78 is 33.9. The second-order valence-corrected chi connectivity index (χ2v) is 10.3. The fraction of sp³-hybridized carbons (Fsp3) is 0.222. The van der Waals surface area contributed by atoms with Crippen LogP contribution in [0.2, 0.25) is 0 Å². The second-order valence-electron chi connectivity index (χ2n) is 8.57. The van der Waals surface area contributed by atoms with Crippen molar-refractivity contribution in [3.8, 4) is 5.75 Å². The van der Waals surface area contributed by atoms with Gasteiger partial charge >= 0.3 is 0 Å². The van der Waals surface area contributed by atoms with Gasteiger partial charge in [0.1, 0.15) is 5.75 Å². The van der Waals surface area contributed by atoms with E-state index >= 15 is 0 Å². The Kier molecular flexibility index (Phi) is 5.85. The molecule has 3 aromatic rings. The number of fused-ring (bicyclic) bond motifs is 1. The zero-order valence-corrected chi connectivity index (χ0v) is 19.8. The highest BCUT2D eigenvalue weighted by Gasteiger charge is 2.48. The fourth-order valence-corrected chi connectivity index (χ4v) is 6.10. The standard InChI is InChI=1S/C27H25NO5S/c1-18-8-14-23(15-9-18)34(30,31)28-27(20-10-12-22(32-2)13-11-20)26-21(17-33-28)16-24(29)25(26)19-6-4-3-5-7-19/h3-15,21,27H,16-17H2,1-2H3/t21-,27+/m1/s1. The fourth-order valence-electron chi connectivity index (χ4n) is 4.70. The maximum Gasteiger partial charge on any atom is 0.265 e. The molecule has 2 atom stereocenters. The number of carbonyl (C=O) groups excluding carboxylic acids is 1. The molecular weight excluding hydrogens is 450 g/mol. The molecule has 0 N–H and O–H groups in total. The third-order valence-electron chi connectivity index (χ3n) is 6.40. The number of hydrogen-bond donors (Lipinski definition) is 0. The molecule has 1 aliphatic heterocycles. The second kappa shape index (κ2) is 8.83. The van der Waals surface area contributed by atoms with E-state index in [1.54, 1.807) is 43.5 Å². The molecule has 1 saturated heterocycles. The minimum absolute atomic E-state index is 0.00268. The number of hydrogen-bond acceptors (Lipinski definition) is 5. The lowest BCUT2D eigenvalue weighted by Crippen LogP contribution is -2.42. The van der Waals surface area contributed by atoms with Gasteiger partial charge in [-0.2, -0.15) is 0 Å². The molecule has 0 spiro atoms. The Labute approximate surface area is 199 Å². The summed E-state index contributed by atoms with van der Waals surface area (Å²) in [6.07, 6.45) is 0.296. The van der Waals surface area contributed by atoms with E-state index in [0.717, 1.165) is 21.2 Å². The summed E-state index contributed by atoms with van der Waals surface area (Å²) in [5, 5.41) is 0. The predicted molar refractivity (Wildman–Crippen MR) is 128 cm³/mol.